The Hall–Kier alpha value is 0.130. The van der Waals surface area contributed by atoms with Crippen LogP contribution in [-0.4, -0.2) is 3.79 Å². The van der Waals surface area contributed by atoms with Crippen molar-refractivity contribution in [2.45, 2.75) is 3.79 Å². The van der Waals surface area contributed by atoms with E-state index in [-0.39, 0.29) is 0 Å². The molecule has 9 heavy (non-hydrogen) atoms. The van der Waals surface area contributed by atoms with Gasteiger partial charge in [0.25, 0.3) is 0 Å². The van der Waals surface area contributed by atoms with Crippen LogP contribution in [0.1, 0.15) is 0 Å². The van der Waals surface area contributed by atoms with Crippen LogP contribution in [-0.2, 0) is 0 Å². The van der Waals surface area contributed by atoms with Crippen molar-refractivity contribution in [1.82, 2.24) is 0 Å². The predicted octanol–water partition coefficient (Wildman–Crippen LogP) is 3.01. The van der Waals surface area contributed by atoms with Crippen LogP contribution in [0.2, 0.25) is 0 Å². The van der Waals surface area contributed by atoms with Crippen LogP contribution in [0.5, 0.6) is 0 Å². The molecule has 0 atom stereocenters. The van der Waals surface area contributed by atoms with Crippen molar-refractivity contribution in [2.75, 3.05) is 0 Å². The maximum Gasteiger partial charge on any atom is 0.216 e. The van der Waals surface area contributed by atoms with Crippen molar-refractivity contribution in [3.8, 4) is 0 Å². The van der Waals surface area contributed by atoms with Crippen molar-refractivity contribution in [1.29, 1.82) is 0 Å². The van der Waals surface area contributed by atoms with Gasteiger partial charge in [-0.3, -0.25) is 0 Å². The Morgan fingerprint density at radius 1 is 1.33 bits per heavy atom. The largest absolute Gasteiger partial charge is 0.216 e. The molecule has 0 aliphatic heterocycles. The number of halogens is 3. The molecule has 0 aromatic rings. The highest BCUT2D eigenvalue weighted by Gasteiger charge is 2.23. The Morgan fingerprint density at radius 2 is 2.00 bits per heavy atom. The molecule has 0 bridgehead atoms. The second-order valence-electron chi connectivity index (χ2n) is 1.60. The molecule has 1 aliphatic rings. The average molecular weight is 181 g/mol. The molecule has 3 heteroatoms. The number of hydrogen-bond donors (Lipinski definition) is 0. The first-order chi connectivity index (χ1) is 4.11. The minimum atomic E-state index is -1.29. The topological polar surface area (TPSA) is 0 Å². The highest BCUT2D eigenvalue weighted by molar-refractivity contribution is 6.69. The third-order valence-electron chi connectivity index (χ3n) is 0.925. The van der Waals surface area contributed by atoms with Gasteiger partial charge in [0.2, 0.25) is 3.79 Å². The maximum atomic E-state index is 5.51. The average Bonchev–Trinajstić information content (AvgIpc) is 2.08. The summed E-state index contributed by atoms with van der Waals surface area (Å²) in [6.45, 7) is 0. The SMILES string of the molecule is ClC(Cl)(Cl)C1=CC=C=C1. The molecule has 0 nitrogen and oxygen atoms in total. The van der Waals surface area contributed by atoms with Crippen molar-refractivity contribution in [2.24, 2.45) is 0 Å². The Labute approximate surface area is 68.4 Å². The molecular formula is C6H3Cl3. The standard InChI is InChI=1S/C6H3Cl3/c7-6(8,9)5-3-1-2-4-5/h1,3-4H. The van der Waals surface area contributed by atoms with Crippen LogP contribution in [0.3, 0.4) is 0 Å². The molecule has 1 aliphatic carbocycles. The molecular weight excluding hydrogens is 178 g/mol. The summed E-state index contributed by atoms with van der Waals surface area (Å²) >= 11 is 16.5. The number of allylic oxidation sites excluding steroid dienone is 3. The molecule has 1 rings (SSSR count). The smallest absolute Gasteiger partial charge is 0.120 e. The number of alkyl halides is 3. The van der Waals surface area contributed by atoms with Crippen molar-refractivity contribution in [3.63, 3.8) is 0 Å². The molecule has 0 aromatic heterocycles. The third-order valence-corrected chi connectivity index (χ3v) is 1.58. The Bertz CT molecular complexity index is 201. The molecule has 48 valence electrons. The van der Waals surface area contributed by atoms with Crippen LogP contribution in [0.15, 0.2) is 29.5 Å². The zero-order chi connectivity index (χ0) is 6.91. The predicted molar refractivity (Wildman–Crippen MR) is 41.0 cm³/mol. The lowest BCUT2D eigenvalue weighted by atomic mass is 10.3. The highest BCUT2D eigenvalue weighted by atomic mass is 35.6. The number of hydrogen-bond acceptors (Lipinski definition) is 0. The summed E-state index contributed by atoms with van der Waals surface area (Å²) in [6.07, 6.45) is 5.07. The molecule has 0 unspecified atom stereocenters. The molecule has 0 aromatic carbocycles. The first kappa shape index (κ1) is 7.24. The van der Waals surface area contributed by atoms with Gasteiger partial charge >= 0.3 is 0 Å². The second kappa shape index (κ2) is 2.40. The van der Waals surface area contributed by atoms with Crippen molar-refractivity contribution < 1.29 is 0 Å². The maximum absolute atomic E-state index is 5.51. The third kappa shape index (κ3) is 1.77. The van der Waals surface area contributed by atoms with Crippen LogP contribution < -0.4 is 0 Å². The minimum absolute atomic E-state index is 0.660. The molecule has 0 saturated carbocycles. The Balaban J connectivity index is 2.79. The quantitative estimate of drug-likeness (QED) is 0.398. The van der Waals surface area contributed by atoms with Crippen LogP contribution >= 0.6 is 34.8 Å². The van der Waals surface area contributed by atoms with Gasteiger partial charge in [-0.05, 0) is 18.2 Å². The van der Waals surface area contributed by atoms with Crippen LogP contribution in [0.25, 0.3) is 0 Å². The summed E-state index contributed by atoms with van der Waals surface area (Å²) < 4.78 is -1.29. The van der Waals surface area contributed by atoms with E-state index in [9.17, 15) is 0 Å². The van der Waals surface area contributed by atoms with E-state index in [0.29, 0.717) is 5.57 Å². The van der Waals surface area contributed by atoms with Gasteiger partial charge in [0.15, 0.2) is 0 Å². The van der Waals surface area contributed by atoms with Gasteiger partial charge in [-0.25, -0.2) is 0 Å². The van der Waals surface area contributed by atoms with E-state index >= 15 is 0 Å². The lowest BCUT2D eigenvalue weighted by molar-refractivity contribution is 1.35. The van der Waals surface area contributed by atoms with E-state index in [1.54, 1.807) is 18.2 Å². The normalized spacial score (nSPS) is 16.6. The van der Waals surface area contributed by atoms with Crippen molar-refractivity contribution in [3.05, 3.63) is 29.5 Å². The molecule has 0 spiro atoms. The monoisotopic (exact) mass is 180 g/mol. The summed E-state index contributed by atoms with van der Waals surface area (Å²) in [5, 5.41) is 0. The first-order valence-electron chi connectivity index (χ1n) is 2.30. The van der Waals surface area contributed by atoms with Gasteiger partial charge in [-0.1, -0.05) is 34.8 Å². The summed E-state index contributed by atoms with van der Waals surface area (Å²) in [5.74, 6) is 0. The van der Waals surface area contributed by atoms with E-state index in [2.05, 4.69) is 5.73 Å². The lowest BCUT2D eigenvalue weighted by Crippen LogP contribution is -2.02. The number of rotatable bonds is 0. The second-order valence-corrected chi connectivity index (χ2v) is 3.88. The lowest BCUT2D eigenvalue weighted by Gasteiger charge is -2.08. The van der Waals surface area contributed by atoms with E-state index in [4.69, 9.17) is 34.8 Å². The van der Waals surface area contributed by atoms with E-state index < -0.39 is 3.79 Å². The fourth-order valence-electron chi connectivity index (χ4n) is 0.500. The summed E-state index contributed by atoms with van der Waals surface area (Å²) in [6, 6.07) is 0. The Morgan fingerprint density at radius 3 is 2.22 bits per heavy atom. The van der Waals surface area contributed by atoms with E-state index in [1.165, 1.54) is 0 Å². The van der Waals surface area contributed by atoms with Crippen molar-refractivity contribution >= 4 is 34.8 Å². The first-order valence-corrected chi connectivity index (χ1v) is 3.44. The molecule has 0 saturated heterocycles. The van der Waals surface area contributed by atoms with Crippen LogP contribution in [0, 0.1) is 0 Å². The zero-order valence-electron chi connectivity index (χ0n) is 4.37. The fraction of sp³-hybridized carbons (Fsp3) is 0.167. The Kier molecular flexibility index (Phi) is 1.93. The highest BCUT2D eigenvalue weighted by Crippen LogP contribution is 2.36. The minimum Gasteiger partial charge on any atom is -0.120 e. The fourth-order valence-corrected chi connectivity index (χ4v) is 0.853. The molecule has 0 amide bonds. The molecule has 0 heterocycles. The van der Waals surface area contributed by atoms with Crippen LogP contribution in [0.4, 0.5) is 0 Å². The molecule has 0 N–H and O–H groups in total. The van der Waals surface area contributed by atoms with Gasteiger partial charge in [-0.2, -0.15) is 0 Å². The van der Waals surface area contributed by atoms with E-state index in [0.717, 1.165) is 0 Å². The summed E-state index contributed by atoms with van der Waals surface area (Å²) in [4.78, 5) is 0. The molecule has 0 radical (unpaired) electrons. The van der Waals surface area contributed by atoms with Gasteiger partial charge < -0.3 is 0 Å². The van der Waals surface area contributed by atoms with Gasteiger partial charge in [0, 0.05) is 5.57 Å². The molecule has 0 fully saturated rings. The van der Waals surface area contributed by atoms with Gasteiger partial charge in [-0.15, -0.1) is 5.73 Å². The summed E-state index contributed by atoms with van der Waals surface area (Å²) in [7, 11) is 0. The summed E-state index contributed by atoms with van der Waals surface area (Å²) in [5.41, 5.74) is 3.44. The van der Waals surface area contributed by atoms with E-state index in [1.807, 2.05) is 0 Å². The van der Waals surface area contributed by atoms with Gasteiger partial charge in [0.1, 0.15) is 0 Å². The van der Waals surface area contributed by atoms with Gasteiger partial charge in [0.05, 0.1) is 0 Å². The zero-order valence-corrected chi connectivity index (χ0v) is 6.63.